The topological polar surface area (TPSA) is 46.4 Å². The van der Waals surface area contributed by atoms with E-state index >= 15 is 0 Å². The molecule has 0 aliphatic carbocycles. The molecular formula is C16H17ClN2O2. The molecule has 2 rings (SSSR count). The molecule has 21 heavy (non-hydrogen) atoms. The van der Waals surface area contributed by atoms with Gasteiger partial charge < -0.3 is 4.90 Å². The first-order valence-electron chi connectivity index (χ1n) is 6.57. The third-order valence-electron chi connectivity index (χ3n) is 3.35. The summed E-state index contributed by atoms with van der Waals surface area (Å²) in [4.78, 5) is 12.8. The van der Waals surface area contributed by atoms with Gasteiger partial charge in [0.05, 0.1) is 4.92 Å². The monoisotopic (exact) mass is 304 g/mol. The molecule has 0 fully saturated rings. The van der Waals surface area contributed by atoms with Crippen molar-refractivity contribution in [2.75, 3.05) is 11.9 Å². The maximum Gasteiger partial charge on any atom is 0.293 e. The second-order valence-corrected chi connectivity index (χ2v) is 5.39. The molecule has 0 N–H and O–H groups in total. The van der Waals surface area contributed by atoms with E-state index in [1.807, 2.05) is 44.0 Å². The van der Waals surface area contributed by atoms with E-state index in [-0.39, 0.29) is 16.5 Å². The molecule has 0 aliphatic heterocycles. The Bertz CT molecular complexity index is 666. The average Bonchev–Trinajstić information content (AvgIpc) is 2.44. The summed E-state index contributed by atoms with van der Waals surface area (Å²) in [5, 5.41) is 11.3. The Morgan fingerprint density at radius 1 is 1.14 bits per heavy atom. The summed E-state index contributed by atoms with van der Waals surface area (Å²) in [5.41, 5.74) is 4.53. The molecule has 110 valence electrons. The summed E-state index contributed by atoms with van der Waals surface area (Å²) in [6, 6.07) is 11.2. The van der Waals surface area contributed by atoms with Gasteiger partial charge in [0, 0.05) is 24.7 Å². The maximum absolute atomic E-state index is 11.3. The van der Waals surface area contributed by atoms with E-state index in [4.69, 9.17) is 11.6 Å². The van der Waals surface area contributed by atoms with Gasteiger partial charge >= 0.3 is 0 Å². The Morgan fingerprint density at radius 3 is 2.29 bits per heavy atom. The van der Waals surface area contributed by atoms with Crippen LogP contribution in [0, 0.1) is 24.0 Å². The Labute approximate surface area is 129 Å². The van der Waals surface area contributed by atoms with Gasteiger partial charge in [0.15, 0.2) is 0 Å². The zero-order chi connectivity index (χ0) is 15.6. The first-order chi connectivity index (χ1) is 9.92. The van der Waals surface area contributed by atoms with Crippen LogP contribution in [0.25, 0.3) is 0 Å². The van der Waals surface area contributed by atoms with Crippen LogP contribution in [-0.2, 0) is 5.88 Å². The lowest BCUT2D eigenvalue weighted by atomic mass is 10.1. The number of nitro groups is 1. The number of aryl methyl sites for hydroxylation is 2. The number of benzene rings is 2. The summed E-state index contributed by atoms with van der Waals surface area (Å²) in [6.45, 7) is 4.02. The molecule has 4 nitrogen and oxygen atoms in total. The van der Waals surface area contributed by atoms with Gasteiger partial charge in [-0.05, 0) is 48.7 Å². The van der Waals surface area contributed by atoms with Gasteiger partial charge in [-0.3, -0.25) is 10.1 Å². The van der Waals surface area contributed by atoms with Crippen molar-refractivity contribution in [1.29, 1.82) is 0 Å². The summed E-state index contributed by atoms with van der Waals surface area (Å²) < 4.78 is 0. The minimum absolute atomic E-state index is 0.0646. The second-order valence-electron chi connectivity index (χ2n) is 5.12. The molecule has 0 amide bonds. The van der Waals surface area contributed by atoms with Crippen LogP contribution in [0.3, 0.4) is 0 Å². The average molecular weight is 305 g/mol. The van der Waals surface area contributed by atoms with Gasteiger partial charge in [0.1, 0.15) is 5.69 Å². The smallest absolute Gasteiger partial charge is 0.293 e. The van der Waals surface area contributed by atoms with Crippen LogP contribution in [0.5, 0.6) is 0 Å². The predicted octanol–water partition coefficient (Wildman–Crippen LogP) is 4.72. The highest BCUT2D eigenvalue weighted by Crippen LogP contribution is 2.34. The van der Waals surface area contributed by atoms with Crippen molar-refractivity contribution >= 4 is 28.7 Å². The van der Waals surface area contributed by atoms with E-state index < -0.39 is 0 Å². The lowest BCUT2D eigenvalue weighted by Crippen LogP contribution is -2.12. The highest BCUT2D eigenvalue weighted by molar-refractivity contribution is 6.17. The number of rotatable bonds is 4. The molecule has 0 radical (unpaired) electrons. The Kier molecular flexibility index (Phi) is 4.48. The zero-order valence-corrected chi connectivity index (χ0v) is 13.0. The molecular weight excluding hydrogens is 288 g/mol. The van der Waals surface area contributed by atoms with E-state index in [9.17, 15) is 10.1 Å². The standard InChI is InChI=1S/C16H17ClN2O2/c1-11-6-12(2)8-14(7-11)18(3)15-5-4-13(10-17)9-16(15)19(20)21/h4-9H,10H2,1-3H3. The number of alkyl halides is 1. The Morgan fingerprint density at radius 2 is 1.76 bits per heavy atom. The molecule has 0 bridgehead atoms. The van der Waals surface area contributed by atoms with Crippen LogP contribution in [-0.4, -0.2) is 12.0 Å². The summed E-state index contributed by atoms with van der Waals surface area (Å²) in [6.07, 6.45) is 0. The fourth-order valence-electron chi connectivity index (χ4n) is 2.37. The molecule has 5 heteroatoms. The van der Waals surface area contributed by atoms with Crippen LogP contribution >= 0.6 is 11.6 Å². The van der Waals surface area contributed by atoms with Gasteiger partial charge in [0.25, 0.3) is 5.69 Å². The third kappa shape index (κ3) is 3.34. The van der Waals surface area contributed by atoms with E-state index in [0.29, 0.717) is 5.69 Å². The molecule has 2 aromatic rings. The first-order valence-corrected chi connectivity index (χ1v) is 7.11. The largest absolute Gasteiger partial charge is 0.339 e. The van der Waals surface area contributed by atoms with Gasteiger partial charge in [-0.1, -0.05) is 12.1 Å². The first kappa shape index (κ1) is 15.3. The van der Waals surface area contributed by atoms with Crippen LogP contribution in [0.2, 0.25) is 0 Å². The molecule has 0 aromatic heterocycles. The number of anilines is 2. The highest BCUT2D eigenvalue weighted by atomic mass is 35.5. The van der Waals surface area contributed by atoms with Crippen molar-refractivity contribution in [1.82, 2.24) is 0 Å². The van der Waals surface area contributed by atoms with E-state index in [0.717, 1.165) is 22.4 Å². The normalized spacial score (nSPS) is 10.5. The van der Waals surface area contributed by atoms with Crippen LogP contribution in [0.4, 0.5) is 17.1 Å². The number of halogens is 1. The molecule has 0 heterocycles. The number of hydrogen-bond donors (Lipinski definition) is 0. The van der Waals surface area contributed by atoms with Gasteiger partial charge in [-0.25, -0.2) is 0 Å². The summed E-state index contributed by atoms with van der Waals surface area (Å²) in [5.74, 6) is 0.258. The van der Waals surface area contributed by atoms with Crippen molar-refractivity contribution in [3.8, 4) is 0 Å². The highest BCUT2D eigenvalue weighted by Gasteiger charge is 2.19. The zero-order valence-electron chi connectivity index (χ0n) is 12.3. The van der Waals surface area contributed by atoms with Gasteiger partial charge in [0.2, 0.25) is 0 Å². The van der Waals surface area contributed by atoms with Crippen LogP contribution in [0.1, 0.15) is 16.7 Å². The minimum Gasteiger partial charge on any atom is -0.339 e. The fourth-order valence-corrected chi connectivity index (χ4v) is 2.53. The lowest BCUT2D eigenvalue weighted by molar-refractivity contribution is -0.384. The quantitative estimate of drug-likeness (QED) is 0.466. The second kappa shape index (κ2) is 6.14. The van der Waals surface area contributed by atoms with Crippen molar-refractivity contribution in [2.24, 2.45) is 0 Å². The predicted molar refractivity (Wildman–Crippen MR) is 86.6 cm³/mol. The van der Waals surface area contributed by atoms with Gasteiger partial charge in [-0.2, -0.15) is 0 Å². The summed E-state index contributed by atoms with van der Waals surface area (Å²) in [7, 11) is 1.83. The molecule has 0 unspecified atom stereocenters. The molecule has 0 atom stereocenters. The maximum atomic E-state index is 11.3. The number of nitrogens with zero attached hydrogens (tertiary/aromatic N) is 2. The van der Waals surface area contributed by atoms with Gasteiger partial charge in [-0.15, -0.1) is 11.6 Å². The molecule has 2 aromatic carbocycles. The third-order valence-corrected chi connectivity index (χ3v) is 3.65. The number of nitro benzene ring substituents is 1. The SMILES string of the molecule is Cc1cc(C)cc(N(C)c2ccc(CCl)cc2[N+](=O)[O-])c1. The molecule has 0 saturated carbocycles. The Balaban J connectivity index is 2.52. The molecule has 0 spiro atoms. The van der Waals surface area contributed by atoms with Crippen molar-refractivity contribution in [3.05, 3.63) is 63.2 Å². The number of hydrogen-bond acceptors (Lipinski definition) is 3. The molecule has 0 aliphatic rings. The van der Waals surface area contributed by atoms with Crippen molar-refractivity contribution < 1.29 is 4.92 Å². The minimum atomic E-state index is -0.370. The van der Waals surface area contributed by atoms with E-state index in [2.05, 4.69) is 6.07 Å². The Hall–Kier alpha value is -2.07. The van der Waals surface area contributed by atoms with Crippen LogP contribution < -0.4 is 4.90 Å². The van der Waals surface area contributed by atoms with E-state index in [1.165, 1.54) is 6.07 Å². The fraction of sp³-hybridized carbons (Fsp3) is 0.250. The van der Waals surface area contributed by atoms with Crippen molar-refractivity contribution in [3.63, 3.8) is 0 Å². The van der Waals surface area contributed by atoms with Crippen molar-refractivity contribution in [2.45, 2.75) is 19.7 Å². The van der Waals surface area contributed by atoms with E-state index in [1.54, 1.807) is 6.07 Å². The summed E-state index contributed by atoms with van der Waals surface area (Å²) >= 11 is 5.76. The molecule has 0 saturated heterocycles. The lowest BCUT2D eigenvalue weighted by Gasteiger charge is -2.20. The van der Waals surface area contributed by atoms with Crippen LogP contribution in [0.15, 0.2) is 36.4 Å².